The van der Waals surface area contributed by atoms with Crippen LogP contribution in [0.3, 0.4) is 0 Å². The van der Waals surface area contributed by atoms with Crippen LogP contribution in [-0.2, 0) is 14.3 Å². The minimum absolute atomic E-state index is 0.598. The first-order chi connectivity index (χ1) is 9.62. The molecule has 1 fully saturated rings. The highest BCUT2D eigenvalue weighted by molar-refractivity contribution is 5.76. The van der Waals surface area contributed by atoms with E-state index in [-0.39, 0.29) is 0 Å². The maximum atomic E-state index is 11.1. The van der Waals surface area contributed by atoms with Crippen LogP contribution < -0.4 is 5.32 Å². The fourth-order valence-electron chi connectivity index (χ4n) is 2.14. The zero-order chi connectivity index (χ0) is 16.4. The highest BCUT2D eigenvalue weighted by atomic mass is 16.7. The Morgan fingerprint density at radius 1 is 1.43 bits per heavy atom. The Bertz CT molecular complexity index is 403. The average molecular weight is 309 g/mol. The number of carboxylic acids is 1. The van der Waals surface area contributed by atoms with E-state index in [9.17, 15) is 30.0 Å². The zero-order valence-corrected chi connectivity index (χ0v) is 11.2. The number of ether oxygens (including phenoxy) is 1. The molecule has 0 radical (unpaired) electrons. The van der Waals surface area contributed by atoms with Crippen molar-refractivity contribution in [3.63, 3.8) is 0 Å². The van der Waals surface area contributed by atoms with Crippen molar-refractivity contribution in [2.45, 2.75) is 49.6 Å². The van der Waals surface area contributed by atoms with Crippen LogP contribution in [0.5, 0.6) is 0 Å². The van der Waals surface area contributed by atoms with Crippen LogP contribution >= 0.6 is 0 Å². The van der Waals surface area contributed by atoms with E-state index in [0.717, 1.165) is 6.92 Å². The van der Waals surface area contributed by atoms with Crippen molar-refractivity contribution in [1.29, 1.82) is 0 Å². The van der Waals surface area contributed by atoms with E-state index in [1.54, 1.807) is 0 Å². The molecular formula is C11H19NO9. The van der Waals surface area contributed by atoms with Crippen molar-refractivity contribution in [2.24, 2.45) is 0 Å². The fourth-order valence-corrected chi connectivity index (χ4v) is 2.14. The number of aliphatic carboxylic acids is 1. The quantitative estimate of drug-likeness (QED) is 0.268. The number of hydrogen-bond donors (Lipinski definition) is 7. The van der Waals surface area contributed by atoms with Gasteiger partial charge in [-0.3, -0.25) is 4.79 Å². The van der Waals surface area contributed by atoms with Gasteiger partial charge in [0.25, 0.3) is 5.79 Å². The van der Waals surface area contributed by atoms with Crippen LogP contribution in [0.1, 0.15) is 13.3 Å². The lowest BCUT2D eigenvalue weighted by Gasteiger charge is -2.44. The van der Waals surface area contributed by atoms with Gasteiger partial charge in [-0.25, -0.2) is 4.79 Å². The van der Waals surface area contributed by atoms with Crippen molar-refractivity contribution in [3.05, 3.63) is 0 Å². The van der Waals surface area contributed by atoms with Gasteiger partial charge in [0.2, 0.25) is 5.91 Å². The molecule has 6 atom stereocenters. The van der Waals surface area contributed by atoms with E-state index in [2.05, 4.69) is 5.32 Å². The Kier molecular flexibility index (Phi) is 5.61. The van der Waals surface area contributed by atoms with E-state index >= 15 is 0 Å². The number of hydrogen-bond acceptors (Lipinski definition) is 8. The Morgan fingerprint density at radius 3 is 2.43 bits per heavy atom. The number of nitrogens with one attached hydrogen (secondary N) is 1. The Morgan fingerprint density at radius 2 is 2.00 bits per heavy atom. The number of aliphatic hydroxyl groups excluding tert-OH is 4. The second-order valence-electron chi connectivity index (χ2n) is 4.91. The first-order valence-corrected chi connectivity index (χ1v) is 6.18. The molecule has 1 aliphatic rings. The van der Waals surface area contributed by atoms with Gasteiger partial charge in [0.1, 0.15) is 18.3 Å². The van der Waals surface area contributed by atoms with Gasteiger partial charge in [0.05, 0.1) is 18.8 Å². The number of carboxylic acid groups (broad SMARTS) is 1. The highest BCUT2D eigenvalue weighted by Gasteiger charge is 2.53. The molecule has 0 bridgehead atoms. The molecule has 0 aromatic carbocycles. The van der Waals surface area contributed by atoms with Crippen molar-refractivity contribution < 1.29 is 45.0 Å². The van der Waals surface area contributed by atoms with Gasteiger partial charge in [0, 0.05) is 13.3 Å². The summed E-state index contributed by atoms with van der Waals surface area (Å²) in [5.41, 5.74) is 0. The third kappa shape index (κ3) is 3.87. The van der Waals surface area contributed by atoms with E-state index in [4.69, 9.17) is 14.9 Å². The van der Waals surface area contributed by atoms with Gasteiger partial charge in [-0.1, -0.05) is 0 Å². The van der Waals surface area contributed by atoms with Gasteiger partial charge in [-0.2, -0.15) is 0 Å². The number of carbonyl (C=O) groups excluding carboxylic acids is 1. The largest absolute Gasteiger partial charge is 0.477 e. The highest BCUT2D eigenvalue weighted by Crippen LogP contribution is 2.30. The smallest absolute Gasteiger partial charge is 0.364 e. The second kappa shape index (κ2) is 6.64. The summed E-state index contributed by atoms with van der Waals surface area (Å²) in [6, 6.07) is -1.27. The van der Waals surface area contributed by atoms with Crippen LogP contribution in [0.25, 0.3) is 0 Å². The lowest BCUT2D eigenvalue weighted by Crippen LogP contribution is -2.67. The molecule has 21 heavy (non-hydrogen) atoms. The Labute approximate surface area is 119 Å². The molecule has 0 spiro atoms. The summed E-state index contributed by atoms with van der Waals surface area (Å²) in [7, 11) is 0. The monoisotopic (exact) mass is 309 g/mol. The summed E-state index contributed by atoms with van der Waals surface area (Å²) in [6.07, 6.45) is -7.48. The standard InChI is InChI=1S/C11H19NO9/c1-4(14)12-7-5(15)2-11(20,10(18)19)21-9(7)8(17)6(16)3-13/h5-9,13,15-17,20H,2-3H2,1H3,(H,12,14)(H,18,19)/t5-,6?,7-,8?,9?,11-/m0/s1. The summed E-state index contributed by atoms with van der Waals surface area (Å²) >= 11 is 0. The number of rotatable bonds is 5. The predicted octanol–water partition coefficient (Wildman–Crippen LogP) is -3.87. The average Bonchev–Trinajstić information content (AvgIpc) is 2.39. The van der Waals surface area contributed by atoms with E-state index in [0.29, 0.717) is 0 Å². The summed E-state index contributed by atoms with van der Waals surface area (Å²) in [6.45, 7) is 0.256. The van der Waals surface area contributed by atoms with Crippen LogP contribution in [-0.4, -0.2) is 85.4 Å². The molecule has 10 heteroatoms. The lowest BCUT2D eigenvalue weighted by molar-refractivity contribution is -0.295. The van der Waals surface area contributed by atoms with E-state index in [1.807, 2.05) is 0 Å². The zero-order valence-electron chi connectivity index (χ0n) is 11.2. The lowest BCUT2D eigenvalue weighted by atomic mass is 9.88. The maximum Gasteiger partial charge on any atom is 0.364 e. The molecule has 1 heterocycles. The molecule has 1 amide bonds. The molecule has 0 aromatic heterocycles. The van der Waals surface area contributed by atoms with Crippen LogP contribution in [0, 0.1) is 0 Å². The van der Waals surface area contributed by atoms with E-state index in [1.165, 1.54) is 0 Å². The molecule has 3 unspecified atom stereocenters. The minimum Gasteiger partial charge on any atom is -0.477 e. The molecule has 10 nitrogen and oxygen atoms in total. The van der Waals surface area contributed by atoms with Gasteiger partial charge in [-0.05, 0) is 0 Å². The molecule has 1 aliphatic heterocycles. The maximum absolute atomic E-state index is 11.1. The Balaban J connectivity index is 3.07. The number of carbonyl (C=O) groups is 2. The minimum atomic E-state index is -2.78. The fraction of sp³-hybridized carbons (Fsp3) is 0.818. The van der Waals surface area contributed by atoms with Gasteiger partial charge >= 0.3 is 5.97 Å². The Hall–Kier alpha value is -1.30. The van der Waals surface area contributed by atoms with Crippen molar-refractivity contribution >= 4 is 11.9 Å². The third-order valence-electron chi connectivity index (χ3n) is 3.21. The van der Waals surface area contributed by atoms with Crippen LogP contribution in [0.15, 0.2) is 0 Å². The molecule has 1 rings (SSSR count). The SMILES string of the molecule is CC(=O)N[C@@H]1C(C(O)C(O)CO)O[C@](O)(C(=O)O)C[C@@H]1O. The van der Waals surface area contributed by atoms with Crippen molar-refractivity contribution in [1.82, 2.24) is 5.32 Å². The van der Waals surface area contributed by atoms with Gasteiger partial charge < -0.3 is 40.7 Å². The normalized spacial score (nSPS) is 35.8. The summed E-state index contributed by atoms with van der Waals surface area (Å²) in [5.74, 6) is -5.17. The molecule has 1 saturated heterocycles. The van der Waals surface area contributed by atoms with Crippen molar-refractivity contribution in [3.8, 4) is 0 Å². The third-order valence-corrected chi connectivity index (χ3v) is 3.21. The molecule has 7 N–H and O–H groups in total. The van der Waals surface area contributed by atoms with Crippen LogP contribution in [0.4, 0.5) is 0 Å². The van der Waals surface area contributed by atoms with Gasteiger partial charge in [0.15, 0.2) is 0 Å². The predicted molar refractivity (Wildman–Crippen MR) is 64.8 cm³/mol. The molecular weight excluding hydrogens is 290 g/mol. The molecule has 0 saturated carbocycles. The van der Waals surface area contributed by atoms with Crippen molar-refractivity contribution in [2.75, 3.05) is 6.61 Å². The summed E-state index contributed by atoms with van der Waals surface area (Å²) in [5, 5.41) is 59.0. The summed E-state index contributed by atoms with van der Waals surface area (Å²) in [4.78, 5) is 22.1. The second-order valence-corrected chi connectivity index (χ2v) is 4.91. The number of amides is 1. The first-order valence-electron chi connectivity index (χ1n) is 6.18. The van der Waals surface area contributed by atoms with E-state index < -0.39 is 61.1 Å². The molecule has 0 aliphatic carbocycles. The topological polar surface area (TPSA) is 177 Å². The van der Waals surface area contributed by atoms with Gasteiger partial charge in [-0.15, -0.1) is 0 Å². The summed E-state index contributed by atoms with van der Waals surface area (Å²) < 4.78 is 4.86. The molecule has 0 aromatic rings. The van der Waals surface area contributed by atoms with Crippen LogP contribution in [0.2, 0.25) is 0 Å². The number of aliphatic hydroxyl groups is 5. The first kappa shape index (κ1) is 17.8. The molecule has 122 valence electrons.